The molecule has 0 saturated heterocycles. The zero-order valence-electron chi connectivity index (χ0n) is 54.9. The first kappa shape index (κ1) is 83.1. The molecule has 5 atom stereocenters. The van der Waals surface area contributed by atoms with Crippen LogP contribution in [0.25, 0.3) is 0 Å². The van der Waals surface area contributed by atoms with Gasteiger partial charge in [0, 0.05) is 25.7 Å². The third-order valence-corrected chi connectivity index (χ3v) is 17.1. The lowest BCUT2D eigenvalue weighted by Crippen LogP contribution is -2.30. The van der Waals surface area contributed by atoms with Crippen molar-refractivity contribution >= 4 is 39.5 Å². The van der Waals surface area contributed by atoms with Crippen LogP contribution in [0.5, 0.6) is 0 Å². The van der Waals surface area contributed by atoms with E-state index in [2.05, 4.69) is 41.5 Å². The van der Waals surface area contributed by atoms with Gasteiger partial charge in [-0.25, -0.2) is 9.13 Å². The summed E-state index contributed by atoms with van der Waals surface area (Å²) in [4.78, 5) is 71.9. The molecule has 0 radical (unpaired) electrons. The summed E-state index contributed by atoms with van der Waals surface area (Å²) in [6.07, 6.45) is 42.4. The monoisotopic (exact) mass is 1250 g/mol. The van der Waals surface area contributed by atoms with E-state index in [1.54, 1.807) is 0 Å². The average Bonchev–Trinajstić information content (AvgIpc) is 3.55. The Balaban J connectivity index is 5.07. The molecule has 0 aromatic rings. The van der Waals surface area contributed by atoms with Gasteiger partial charge in [0.15, 0.2) is 12.2 Å². The Hall–Kier alpha value is -1.94. The number of hydrogen-bond acceptors (Lipinski definition) is 15. The molecule has 0 heterocycles. The third-order valence-electron chi connectivity index (χ3n) is 15.2. The van der Waals surface area contributed by atoms with E-state index in [0.717, 1.165) is 102 Å². The number of aliphatic hydroxyl groups excluding tert-OH is 1. The highest BCUT2D eigenvalue weighted by Gasteiger charge is 2.30. The van der Waals surface area contributed by atoms with Crippen LogP contribution in [0.1, 0.15) is 330 Å². The maximum absolute atomic E-state index is 13.0. The summed E-state index contributed by atoms with van der Waals surface area (Å²) in [6.45, 7) is 9.35. The third kappa shape index (κ3) is 60.7. The number of hydrogen-bond donors (Lipinski definition) is 3. The molecule has 0 aliphatic rings. The Morgan fingerprint density at radius 3 is 0.800 bits per heavy atom. The van der Waals surface area contributed by atoms with Crippen molar-refractivity contribution in [1.29, 1.82) is 0 Å². The maximum Gasteiger partial charge on any atom is 0.472 e. The molecule has 0 aliphatic carbocycles. The Bertz CT molecular complexity index is 1670. The van der Waals surface area contributed by atoms with Gasteiger partial charge >= 0.3 is 39.5 Å². The summed E-state index contributed by atoms with van der Waals surface area (Å²) in [5.41, 5.74) is 0. The highest BCUT2D eigenvalue weighted by atomic mass is 31.2. The molecule has 2 unspecified atom stereocenters. The predicted molar refractivity (Wildman–Crippen MR) is 340 cm³/mol. The Morgan fingerprint density at radius 2 is 0.541 bits per heavy atom. The maximum atomic E-state index is 13.0. The topological polar surface area (TPSA) is 237 Å². The SMILES string of the molecule is CCCCCCCCCCCCC(=O)OC[C@H](COP(=O)(O)OC[C@@H](O)COP(=O)(O)OC[C@@H](COC(=O)CCCCCCC)OC(=O)CCCCCCCCC(C)C)OC(=O)CCCCCCCCCCCCCCCCCCCCC(C)C. The van der Waals surface area contributed by atoms with Gasteiger partial charge in [0.2, 0.25) is 0 Å². The standard InChI is InChI=1S/C66H128O17P2/c1-7-9-11-13-14-15-27-30-37-43-49-64(69)77-55-62(82-65(70)50-44-38-31-28-25-23-21-19-17-16-18-20-22-24-26-29-35-40-46-58(3)4)57-81-85(74,75)79-53-60(67)52-78-84(72,73)80-56-61(54-76-63(68)48-42-34-12-10-8-2)83-66(71)51-45-39-33-32-36-41-47-59(5)6/h58-62,67H,7-57H2,1-6H3,(H,72,73)(H,74,75)/t60-,61+,62+/m0/s1. The van der Waals surface area contributed by atoms with E-state index in [-0.39, 0.29) is 25.7 Å². The van der Waals surface area contributed by atoms with Gasteiger partial charge in [0.1, 0.15) is 19.3 Å². The fourth-order valence-electron chi connectivity index (χ4n) is 9.88. The fourth-order valence-corrected chi connectivity index (χ4v) is 11.5. The van der Waals surface area contributed by atoms with Crippen molar-refractivity contribution in [3.63, 3.8) is 0 Å². The second-order valence-electron chi connectivity index (χ2n) is 24.8. The first-order valence-corrected chi connectivity index (χ1v) is 37.5. The summed E-state index contributed by atoms with van der Waals surface area (Å²) in [7, 11) is -9.88. The van der Waals surface area contributed by atoms with Crippen LogP contribution in [0.2, 0.25) is 0 Å². The fraction of sp³-hybridized carbons (Fsp3) is 0.939. The molecule has 0 spiro atoms. The molecule has 19 heteroatoms. The van der Waals surface area contributed by atoms with Crippen LogP contribution in [-0.4, -0.2) is 96.7 Å². The lowest BCUT2D eigenvalue weighted by Gasteiger charge is -2.21. The van der Waals surface area contributed by atoms with Crippen molar-refractivity contribution in [2.75, 3.05) is 39.6 Å². The van der Waals surface area contributed by atoms with Crippen LogP contribution in [-0.2, 0) is 65.4 Å². The van der Waals surface area contributed by atoms with Crippen LogP contribution in [0.15, 0.2) is 0 Å². The Morgan fingerprint density at radius 1 is 0.318 bits per heavy atom. The van der Waals surface area contributed by atoms with Crippen LogP contribution in [0.3, 0.4) is 0 Å². The number of unbranched alkanes of at least 4 members (excludes halogenated alkanes) is 35. The lowest BCUT2D eigenvalue weighted by atomic mass is 10.0. The molecular formula is C66H128O17P2. The molecule has 0 aliphatic heterocycles. The summed E-state index contributed by atoms with van der Waals surface area (Å²) in [5.74, 6) is -0.657. The van der Waals surface area contributed by atoms with E-state index in [1.807, 2.05) is 0 Å². The summed E-state index contributed by atoms with van der Waals surface area (Å²) in [6, 6.07) is 0. The highest BCUT2D eigenvalue weighted by Crippen LogP contribution is 2.45. The van der Waals surface area contributed by atoms with Crippen molar-refractivity contribution in [2.24, 2.45) is 11.8 Å². The van der Waals surface area contributed by atoms with E-state index < -0.39 is 97.5 Å². The molecule has 0 aromatic carbocycles. The number of ether oxygens (including phenoxy) is 4. The van der Waals surface area contributed by atoms with Crippen LogP contribution in [0.4, 0.5) is 0 Å². The van der Waals surface area contributed by atoms with E-state index in [4.69, 9.17) is 37.0 Å². The number of phosphoric acid groups is 2. The van der Waals surface area contributed by atoms with Gasteiger partial charge in [0.05, 0.1) is 26.4 Å². The van der Waals surface area contributed by atoms with Gasteiger partial charge in [-0.15, -0.1) is 0 Å². The molecule has 3 N–H and O–H groups in total. The van der Waals surface area contributed by atoms with Crippen LogP contribution in [0, 0.1) is 11.8 Å². The minimum absolute atomic E-state index is 0.101. The van der Waals surface area contributed by atoms with E-state index in [0.29, 0.717) is 31.6 Å². The predicted octanol–water partition coefficient (Wildman–Crippen LogP) is 18.4. The zero-order chi connectivity index (χ0) is 62.9. The first-order valence-electron chi connectivity index (χ1n) is 34.5. The second kappa shape index (κ2) is 58.4. The van der Waals surface area contributed by atoms with E-state index in [1.165, 1.54) is 141 Å². The zero-order valence-corrected chi connectivity index (χ0v) is 56.7. The summed E-state index contributed by atoms with van der Waals surface area (Å²) >= 11 is 0. The molecule has 0 aromatic heterocycles. The largest absolute Gasteiger partial charge is 0.472 e. The lowest BCUT2D eigenvalue weighted by molar-refractivity contribution is -0.161. The minimum atomic E-state index is -4.94. The van der Waals surface area contributed by atoms with E-state index in [9.17, 15) is 43.2 Å². The van der Waals surface area contributed by atoms with Gasteiger partial charge in [-0.2, -0.15) is 0 Å². The molecule has 17 nitrogen and oxygen atoms in total. The van der Waals surface area contributed by atoms with Crippen molar-refractivity contribution in [1.82, 2.24) is 0 Å². The first-order chi connectivity index (χ1) is 40.9. The Labute approximate surface area is 517 Å². The number of aliphatic hydroxyl groups is 1. The van der Waals surface area contributed by atoms with Gasteiger partial charge in [-0.1, -0.05) is 279 Å². The normalized spacial score (nSPS) is 14.2. The summed E-state index contributed by atoms with van der Waals surface area (Å²) < 4.78 is 67.8. The minimum Gasteiger partial charge on any atom is -0.462 e. The molecule has 0 fully saturated rings. The molecular weight excluding hydrogens is 1130 g/mol. The van der Waals surface area contributed by atoms with Crippen molar-refractivity contribution in [3.05, 3.63) is 0 Å². The Kier molecular flexibility index (Phi) is 57.1. The number of phosphoric ester groups is 2. The average molecular weight is 1260 g/mol. The number of rotatable bonds is 65. The molecule has 0 rings (SSSR count). The molecule has 85 heavy (non-hydrogen) atoms. The molecule has 0 saturated carbocycles. The van der Waals surface area contributed by atoms with Crippen molar-refractivity contribution in [2.45, 2.75) is 349 Å². The summed E-state index contributed by atoms with van der Waals surface area (Å²) in [5, 5.41) is 10.5. The van der Waals surface area contributed by atoms with Crippen molar-refractivity contribution < 1.29 is 80.2 Å². The number of carbonyl (C=O) groups is 4. The highest BCUT2D eigenvalue weighted by molar-refractivity contribution is 7.47. The smallest absolute Gasteiger partial charge is 0.462 e. The van der Waals surface area contributed by atoms with Gasteiger partial charge in [-0.05, 0) is 37.5 Å². The molecule has 0 bridgehead atoms. The number of carbonyl (C=O) groups excluding carboxylic acids is 4. The quantitative estimate of drug-likeness (QED) is 0.0222. The van der Waals surface area contributed by atoms with Gasteiger partial charge in [-0.3, -0.25) is 37.3 Å². The molecule has 0 amide bonds. The van der Waals surface area contributed by atoms with Crippen molar-refractivity contribution in [3.8, 4) is 0 Å². The number of esters is 4. The van der Waals surface area contributed by atoms with Crippen LogP contribution < -0.4 is 0 Å². The van der Waals surface area contributed by atoms with Crippen LogP contribution >= 0.6 is 15.6 Å². The second-order valence-corrected chi connectivity index (χ2v) is 27.7. The van der Waals surface area contributed by atoms with Gasteiger partial charge in [0.25, 0.3) is 0 Å². The van der Waals surface area contributed by atoms with Gasteiger partial charge < -0.3 is 33.8 Å². The molecule has 504 valence electrons. The van der Waals surface area contributed by atoms with E-state index >= 15 is 0 Å².